The van der Waals surface area contributed by atoms with Gasteiger partial charge in [0.05, 0.1) is 5.56 Å². The van der Waals surface area contributed by atoms with Crippen molar-refractivity contribution in [2.75, 3.05) is 0 Å². The molecule has 0 aliphatic heterocycles. The quantitative estimate of drug-likeness (QED) is 0.728. The topological polar surface area (TPSA) is 26.3 Å². The Bertz CT molecular complexity index is 426. The number of hydrogen-bond acceptors (Lipinski definition) is 2. The maximum absolute atomic E-state index is 12.1. The van der Waals surface area contributed by atoms with Crippen LogP contribution in [0.1, 0.15) is 43.0 Å². The molecule has 1 aromatic carbocycles. The first-order valence-corrected chi connectivity index (χ1v) is 6.46. The number of benzene rings is 1. The van der Waals surface area contributed by atoms with Crippen molar-refractivity contribution >= 4 is 5.97 Å². The number of carbonyl (C=O) groups is 1. The molecule has 0 aromatic heterocycles. The summed E-state index contributed by atoms with van der Waals surface area (Å²) in [7, 11) is 0. The zero-order chi connectivity index (χ0) is 11.9. The highest BCUT2D eigenvalue weighted by molar-refractivity contribution is 5.89. The van der Waals surface area contributed by atoms with E-state index in [0.717, 1.165) is 12.3 Å². The lowest BCUT2D eigenvalue weighted by Gasteiger charge is -2.33. The van der Waals surface area contributed by atoms with E-state index in [4.69, 9.17) is 4.74 Å². The number of rotatable bonds is 2. The molecule has 2 aliphatic carbocycles. The van der Waals surface area contributed by atoms with Crippen LogP contribution in [-0.2, 0) is 4.74 Å². The fourth-order valence-corrected chi connectivity index (χ4v) is 3.52. The van der Waals surface area contributed by atoms with Crippen molar-refractivity contribution in [2.24, 2.45) is 11.8 Å². The second kappa shape index (κ2) is 3.86. The third-order valence-corrected chi connectivity index (χ3v) is 4.43. The molecule has 2 bridgehead atoms. The van der Waals surface area contributed by atoms with Crippen LogP contribution < -0.4 is 0 Å². The van der Waals surface area contributed by atoms with Gasteiger partial charge in [-0.1, -0.05) is 18.2 Å². The van der Waals surface area contributed by atoms with Crippen LogP contribution in [0.4, 0.5) is 0 Å². The lowest BCUT2D eigenvalue weighted by molar-refractivity contribution is -0.0370. The average molecular weight is 230 g/mol. The van der Waals surface area contributed by atoms with Crippen molar-refractivity contribution in [1.82, 2.24) is 0 Å². The highest BCUT2D eigenvalue weighted by Gasteiger charge is 2.50. The molecule has 2 heteroatoms. The molecule has 2 aliphatic rings. The molecule has 0 radical (unpaired) electrons. The van der Waals surface area contributed by atoms with Crippen LogP contribution in [0.5, 0.6) is 0 Å². The Hall–Kier alpha value is -1.31. The fourth-order valence-electron chi connectivity index (χ4n) is 3.52. The molecule has 0 heterocycles. The Balaban J connectivity index is 1.74. The Morgan fingerprint density at radius 2 is 2.06 bits per heavy atom. The molecule has 0 amide bonds. The Kier molecular flexibility index (Phi) is 2.46. The third-order valence-electron chi connectivity index (χ3n) is 4.43. The highest BCUT2D eigenvalue weighted by Crippen LogP contribution is 2.52. The minimum Gasteiger partial charge on any atom is -0.455 e. The predicted molar refractivity (Wildman–Crippen MR) is 65.7 cm³/mol. The van der Waals surface area contributed by atoms with Crippen LogP contribution in [0.15, 0.2) is 30.3 Å². The molecule has 3 atom stereocenters. The van der Waals surface area contributed by atoms with Gasteiger partial charge in [0.15, 0.2) is 0 Å². The molecule has 17 heavy (non-hydrogen) atoms. The van der Waals surface area contributed by atoms with Gasteiger partial charge in [0.2, 0.25) is 0 Å². The Morgan fingerprint density at radius 3 is 2.65 bits per heavy atom. The summed E-state index contributed by atoms with van der Waals surface area (Å²) in [6.45, 7) is 2.11. The molecule has 2 saturated carbocycles. The van der Waals surface area contributed by atoms with E-state index in [1.807, 2.05) is 30.3 Å². The highest BCUT2D eigenvalue weighted by atomic mass is 16.6. The second-order valence-electron chi connectivity index (χ2n) is 5.65. The SMILES string of the molecule is C[C@]1(OC(=O)c2ccccc2)C[C@@H]2CC[C@H]1C2. The predicted octanol–water partition coefficient (Wildman–Crippen LogP) is 3.42. The van der Waals surface area contributed by atoms with E-state index in [1.165, 1.54) is 19.3 Å². The smallest absolute Gasteiger partial charge is 0.338 e. The van der Waals surface area contributed by atoms with Gasteiger partial charge in [0, 0.05) is 0 Å². The maximum atomic E-state index is 12.1. The standard InChI is InChI=1S/C15H18O2/c1-15(10-11-7-8-13(15)9-11)17-14(16)12-5-3-2-4-6-12/h2-6,11,13H,7-10H2,1H3/t11-,13+,15+/m1/s1. The number of esters is 1. The van der Waals surface area contributed by atoms with Gasteiger partial charge < -0.3 is 4.74 Å². The van der Waals surface area contributed by atoms with Crippen LogP contribution in [0.3, 0.4) is 0 Å². The van der Waals surface area contributed by atoms with Crippen molar-refractivity contribution in [3.8, 4) is 0 Å². The van der Waals surface area contributed by atoms with E-state index < -0.39 is 0 Å². The largest absolute Gasteiger partial charge is 0.455 e. The van der Waals surface area contributed by atoms with Crippen molar-refractivity contribution in [3.05, 3.63) is 35.9 Å². The molecule has 0 spiro atoms. The van der Waals surface area contributed by atoms with E-state index in [0.29, 0.717) is 11.5 Å². The summed E-state index contributed by atoms with van der Waals surface area (Å²) in [4.78, 5) is 12.1. The number of fused-ring (bicyclic) bond motifs is 2. The van der Waals surface area contributed by atoms with E-state index in [9.17, 15) is 4.79 Å². The average Bonchev–Trinajstić information content (AvgIpc) is 2.89. The third kappa shape index (κ3) is 1.86. The molecule has 2 nitrogen and oxygen atoms in total. The molecule has 0 unspecified atom stereocenters. The van der Waals surface area contributed by atoms with Gasteiger partial charge >= 0.3 is 5.97 Å². The van der Waals surface area contributed by atoms with Crippen LogP contribution in [0, 0.1) is 11.8 Å². The van der Waals surface area contributed by atoms with Gasteiger partial charge in [0.25, 0.3) is 0 Å². The summed E-state index contributed by atoms with van der Waals surface area (Å²) in [5, 5.41) is 0. The Morgan fingerprint density at radius 1 is 1.29 bits per heavy atom. The lowest BCUT2D eigenvalue weighted by atomic mass is 9.85. The summed E-state index contributed by atoms with van der Waals surface area (Å²) in [5.74, 6) is 1.20. The van der Waals surface area contributed by atoms with Crippen LogP contribution in [-0.4, -0.2) is 11.6 Å². The summed E-state index contributed by atoms with van der Waals surface area (Å²) in [5.41, 5.74) is 0.451. The number of carbonyl (C=O) groups excluding carboxylic acids is 1. The molecule has 90 valence electrons. The molecule has 0 N–H and O–H groups in total. The van der Waals surface area contributed by atoms with Crippen molar-refractivity contribution in [2.45, 2.75) is 38.2 Å². The normalized spacial score (nSPS) is 34.9. The van der Waals surface area contributed by atoms with Crippen LogP contribution >= 0.6 is 0 Å². The van der Waals surface area contributed by atoms with E-state index in [1.54, 1.807) is 0 Å². The van der Waals surface area contributed by atoms with E-state index >= 15 is 0 Å². The summed E-state index contributed by atoms with van der Waals surface area (Å²) in [6, 6.07) is 9.30. The zero-order valence-electron chi connectivity index (χ0n) is 10.2. The van der Waals surface area contributed by atoms with Gasteiger partial charge in [0.1, 0.15) is 5.60 Å². The van der Waals surface area contributed by atoms with Gasteiger partial charge in [-0.2, -0.15) is 0 Å². The minimum atomic E-state index is -0.212. The van der Waals surface area contributed by atoms with Crippen molar-refractivity contribution in [3.63, 3.8) is 0 Å². The zero-order valence-corrected chi connectivity index (χ0v) is 10.2. The summed E-state index contributed by atoms with van der Waals surface area (Å²) >= 11 is 0. The van der Waals surface area contributed by atoms with Gasteiger partial charge in [-0.3, -0.25) is 0 Å². The number of hydrogen-bond donors (Lipinski definition) is 0. The fraction of sp³-hybridized carbons (Fsp3) is 0.533. The molecule has 1 aromatic rings. The molecular formula is C15H18O2. The number of ether oxygens (including phenoxy) is 1. The van der Waals surface area contributed by atoms with Gasteiger partial charge in [-0.15, -0.1) is 0 Å². The van der Waals surface area contributed by atoms with E-state index in [-0.39, 0.29) is 11.6 Å². The van der Waals surface area contributed by atoms with Crippen molar-refractivity contribution < 1.29 is 9.53 Å². The summed E-state index contributed by atoms with van der Waals surface area (Å²) < 4.78 is 5.78. The van der Waals surface area contributed by atoms with Crippen LogP contribution in [0.2, 0.25) is 0 Å². The minimum absolute atomic E-state index is 0.166. The molecular weight excluding hydrogens is 212 g/mol. The molecule has 0 saturated heterocycles. The van der Waals surface area contributed by atoms with Crippen LogP contribution in [0.25, 0.3) is 0 Å². The first-order chi connectivity index (χ1) is 8.17. The molecule has 2 fully saturated rings. The second-order valence-corrected chi connectivity index (χ2v) is 5.65. The van der Waals surface area contributed by atoms with Gasteiger partial charge in [-0.05, 0) is 56.6 Å². The van der Waals surface area contributed by atoms with Gasteiger partial charge in [-0.25, -0.2) is 4.79 Å². The lowest BCUT2D eigenvalue weighted by Crippen LogP contribution is -2.37. The first-order valence-electron chi connectivity index (χ1n) is 6.46. The van der Waals surface area contributed by atoms with E-state index in [2.05, 4.69) is 6.92 Å². The maximum Gasteiger partial charge on any atom is 0.338 e. The van der Waals surface area contributed by atoms with Crippen molar-refractivity contribution in [1.29, 1.82) is 0 Å². The summed E-state index contributed by atoms with van der Waals surface area (Å²) in [6.07, 6.45) is 4.85. The first kappa shape index (κ1) is 10.8. The molecule has 3 rings (SSSR count). The Labute approximate surface area is 102 Å². The monoisotopic (exact) mass is 230 g/mol.